The number of nitrogens with zero attached hydrogens (tertiary/aromatic N) is 1. The maximum atomic E-state index is 12.4. The van der Waals surface area contributed by atoms with Gasteiger partial charge < -0.3 is 18.9 Å². The van der Waals surface area contributed by atoms with Gasteiger partial charge in [-0.25, -0.2) is 0 Å². The molecule has 1 aromatic rings. The second-order valence-electron chi connectivity index (χ2n) is 6.51. The Morgan fingerprint density at radius 2 is 1.83 bits per heavy atom. The van der Waals surface area contributed by atoms with Crippen LogP contribution in [0.15, 0.2) is 18.2 Å². The maximum Gasteiger partial charge on any atom is 0.326 e. The van der Waals surface area contributed by atoms with Crippen LogP contribution in [0.2, 0.25) is 0 Å². The minimum Gasteiger partial charge on any atom is -0.482 e. The Balaban J connectivity index is 2.02. The van der Waals surface area contributed by atoms with Crippen molar-refractivity contribution in [3.63, 3.8) is 0 Å². The predicted octanol–water partition coefficient (Wildman–Crippen LogP) is 1.91. The third-order valence-corrected chi connectivity index (χ3v) is 4.21. The standard InChI is InChI=1S/C21H27NO8/c1-3-9-27-10-11-29-21(26)13-22-16-12-15(5-7-18(16)30-14-19(22)24)17(23)6-8-20(25)28-4-2/h5,7,12H,3-4,6,8-11,13-14H2,1-2H3. The number of anilines is 1. The molecule has 9 heteroatoms. The number of ether oxygens (including phenoxy) is 4. The van der Waals surface area contributed by atoms with Crippen LogP contribution in [0.5, 0.6) is 5.75 Å². The predicted molar refractivity (Wildman–Crippen MR) is 107 cm³/mol. The number of benzene rings is 1. The Bertz CT molecular complexity index is 776. The number of hydrogen-bond donors (Lipinski definition) is 0. The first-order valence-electron chi connectivity index (χ1n) is 9.95. The number of rotatable bonds is 12. The highest BCUT2D eigenvalue weighted by Crippen LogP contribution is 2.33. The van der Waals surface area contributed by atoms with E-state index in [9.17, 15) is 19.2 Å². The Morgan fingerprint density at radius 3 is 2.57 bits per heavy atom. The molecule has 1 heterocycles. The van der Waals surface area contributed by atoms with Gasteiger partial charge in [-0.05, 0) is 31.5 Å². The van der Waals surface area contributed by atoms with Crippen LogP contribution < -0.4 is 9.64 Å². The summed E-state index contributed by atoms with van der Waals surface area (Å²) in [5.41, 5.74) is 0.620. The SMILES string of the molecule is CCCOCCOC(=O)CN1C(=O)COc2ccc(C(=O)CCC(=O)OCC)cc21. The van der Waals surface area contributed by atoms with Gasteiger partial charge in [0.25, 0.3) is 5.91 Å². The van der Waals surface area contributed by atoms with E-state index >= 15 is 0 Å². The van der Waals surface area contributed by atoms with E-state index in [-0.39, 0.29) is 51.6 Å². The first-order chi connectivity index (χ1) is 14.5. The van der Waals surface area contributed by atoms with Gasteiger partial charge >= 0.3 is 11.9 Å². The largest absolute Gasteiger partial charge is 0.482 e. The summed E-state index contributed by atoms with van der Waals surface area (Å²) in [7, 11) is 0. The average molecular weight is 421 g/mol. The summed E-state index contributed by atoms with van der Waals surface area (Å²) in [5.74, 6) is -1.35. The van der Waals surface area contributed by atoms with E-state index in [0.29, 0.717) is 23.6 Å². The highest BCUT2D eigenvalue weighted by atomic mass is 16.6. The van der Waals surface area contributed by atoms with Crippen molar-refractivity contribution in [2.45, 2.75) is 33.1 Å². The number of ketones is 1. The summed E-state index contributed by atoms with van der Waals surface area (Å²) in [6.45, 7) is 4.37. The zero-order valence-electron chi connectivity index (χ0n) is 17.3. The van der Waals surface area contributed by atoms with Gasteiger partial charge in [0.15, 0.2) is 12.4 Å². The van der Waals surface area contributed by atoms with Crippen molar-refractivity contribution in [3.8, 4) is 5.75 Å². The fraction of sp³-hybridized carbons (Fsp3) is 0.524. The van der Waals surface area contributed by atoms with Crippen molar-refractivity contribution in [2.24, 2.45) is 0 Å². The number of fused-ring (bicyclic) bond motifs is 1. The second-order valence-corrected chi connectivity index (χ2v) is 6.51. The monoisotopic (exact) mass is 421 g/mol. The van der Waals surface area contributed by atoms with Crippen molar-refractivity contribution >= 4 is 29.3 Å². The summed E-state index contributed by atoms with van der Waals surface area (Å²) in [5, 5.41) is 0. The van der Waals surface area contributed by atoms with Crippen molar-refractivity contribution in [2.75, 3.05) is 44.5 Å². The lowest BCUT2D eigenvalue weighted by Crippen LogP contribution is -2.42. The number of hydrogen-bond acceptors (Lipinski definition) is 8. The van der Waals surface area contributed by atoms with Crippen molar-refractivity contribution < 1.29 is 38.1 Å². The van der Waals surface area contributed by atoms with Crippen molar-refractivity contribution in [3.05, 3.63) is 23.8 Å². The highest BCUT2D eigenvalue weighted by molar-refractivity contribution is 6.04. The molecule has 2 rings (SSSR count). The lowest BCUT2D eigenvalue weighted by molar-refractivity contribution is -0.144. The van der Waals surface area contributed by atoms with Gasteiger partial charge in [-0.15, -0.1) is 0 Å². The quantitative estimate of drug-likeness (QED) is 0.286. The number of esters is 2. The molecule has 0 saturated heterocycles. The van der Waals surface area contributed by atoms with E-state index in [0.717, 1.165) is 6.42 Å². The third-order valence-electron chi connectivity index (χ3n) is 4.21. The van der Waals surface area contributed by atoms with Crippen LogP contribution in [0.3, 0.4) is 0 Å². The molecule has 1 aliphatic heterocycles. The van der Waals surface area contributed by atoms with E-state index < -0.39 is 17.8 Å². The molecule has 0 spiro atoms. The fourth-order valence-electron chi connectivity index (χ4n) is 2.78. The van der Waals surface area contributed by atoms with Crippen LogP contribution in [0.4, 0.5) is 5.69 Å². The molecule has 30 heavy (non-hydrogen) atoms. The smallest absolute Gasteiger partial charge is 0.326 e. The van der Waals surface area contributed by atoms with E-state index in [1.54, 1.807) is 19.1 Å². The number of amides is 1. The molecule has 0 aliphatic carbocycles. The lowest BCUT2D eigenvalue weighted by atomic mass is 10.0. The normalized spacial score (nSPS) is 12.7. The van der Waals surface area contributed by atoms with Gasteiger partial charge in [0, 0.05) is 18.6 Å². The lowest BCUT2D eigenvalue weighted by Gasteiger charge is -2.29. The van der Waals surface area contributed by atoms with Gasteiger partial charge in [0.05, 0.1) is 25.3 Å². The van der Waals surface area contributed by atoms with Gasteiger partial charge in [-0.3, -0.25) is 24.1 Å². The molecule has 0 unspecified atom stereocenters. The van der Waals surface area contributed by atoms with Crippen molar-refractivity contribution in [1.29, 1.82) is 0 Å². The van der Waals surface area contributed by atoms with E-state index in [4.69, 9.17) is 18.9 Å². The van der Waals surface area contributed by atoms with Gasteiger partial charge in [0.2, 0.25) is 0 Å². The average Bonchev–Trinajstić information content (AvgIpc) is 2.73. The number of carbonyl (C=O) groups excluding carboxylic acids is 4. The minimum atomic E-state index is -0.588. The topological polar surface area (TPSA) is 108 Å². The van der Waals surface area contributed by atoms with Crippen LogP contribution >= 0.6 is 0 Å². The molecule has 164 valence electrons. The second kappa shape index (κ2) is 11.9. The Morgan fingerprint density at radius 1 is 1.03 bits per heavy atom. The molecule has 0 atom stereocenters. The molecule has 1 aliphatic rings. The molecule has 9 nitrogen and oxygen atoms in total. The molecule has 0 N–H and O–H groups in total. The zero-order valence-corrected chi connectivity index (χ0v) is 17.3. The molecular formula is C21H27NO8. The van der Waals surface area contributed by atoms with Gasteiger partial charge in [-0.2, -0.15) is 0 Å². The summed E-state index contributed by atoms with van der Waals surface area (Å²) in [6, 6.07) is 4.61. The van der Waals surface area contributed by atoms with Crippen LogP contribution in [-0.4, -0.2) is 63.2 Å². The third kappa shape index (κ3) is 6.84. The molecule has 0 fully saturated rings. The minimum absolute atomic E-state index is 0.0216. The summed E-state index contributed by atoms with van der Waals surface area (Å²) < 4.78 is 20.6. The molecular weight excluding hydrogens is 394 g/mol. The van der Waals surface area contributed by atoms with E-state index in [2.05, 4.69) is 0 Å². The Labute approximate surface area is 175 Å². The first kappa shape index (κ1) is 23.3. The van der Waals surface area contributed by atoms with Crippen LogP contribution in [0.1, 0.15) is 43.5 Å². The molecule has 0 saturated carbocycles. The van der Waals surface area contributed by atoms with Crippen LogP contribution in [0.25, 0.3) is 0 Å². The van der Waals surface area contributed by atoms with Crippen LogP contribution in [-0.2, 0) is 28.6 Å². The van der Waals surface area contributed by atoms with E-state index in [1.165, 1.54) is 11.0 Å². The number of Topliss-reactive ketones (excluding diaryl/α,β-unsaturated/α-hetero) is 1. The summed E-state index contributed by atoms with van der Waals surface area (Å²) in [4.78, 5) is 49.5. The highest BCUT2D eigenvalue weighted by Gasteiger charge is 2.29. The number of carbonyl (C=O) groups is 4. The first-order valence-corrected chi connectivity index (χ1v) is 9.95. The maximum absolute atomic E-state index is 12.4. The van der Waals surface area contributed by atoms with Crippen molar-refractivity contribution in [1.82, 2.24) is 0 Å². The van der Waals surface area contributed by atoms with Gasteiger partial charge in [-0.1, -0.05) is 6.92 Å². The van der Waals surface area contributed by atoms with Gasteiger partial charge in [0.1, 0.15) is 18.9 Å². The fourth-order valence-corrected chi connectivity index (χ4v) is 2.78. The van der Waals surface area contributed by atoms with Crippen LogP contribution in [0, 0.1) is 0 Å². The molecule has 1 amide bonds. The molecule has 0 radical (unpaired) electrons. The molecule has 0 bridgehead atoms. The summed E-state index contributed by atoms with van der Waals surface area (Å²) in [6.07, 6.45) is 0.815. The summed E-state index contributed by atoms with van der Waals surface area (Å²) >= 11 is 0. The Kier molecular flexibility index (Phi) is 9.27. The molecule has 0 aromatic heterocycles. The Hall–Kier alpha value is -2.94. The van der Waals surface area contributed by atoms with E-state index in [1.807, 2.05) is 6.92 Å². The zero-order chi connectivity index (χ0) is 21.9. The molecule has 1 aromatic carbocycles.